The lowest BCUT2D eigenvalue weighted by atomic mass is 10.1. The second-order valence-corrected chi connectivity index (χ2v) is 8.94. The zero-order valence-corrected chi connectivity index (χ0v) is 20.2. The lowest BCUT2D eigenvalue weighted by Gasteiger charge is -2.08. The third-order valence-corrected chi connectivity index (χ3v) is 6.54. The van der Waals surface area contributed by atoms with Crippen LogP contribution in [0.3, 0.4) is 0 Å². The number of aromatic nitrogens is 1. The van der Waals surface area contributed by atoms with E-state index in [9.17, 15) is 9.90 Å². The quantitative estimate of drug-likeness (QED) is 0.292. The van der Waals surface area contributed by atoms with Crippen LogP contribution in [0.1, 0.15) is 16.0 Å². The molecule has 0 saturated carbocycles. The molecule has 2 heterocycles. The molecule has 0 unspecified atom stereocenters. The molecule has 3 aromatic rings. The number of fused-ring (bicyclic) bond motifs is 1. The van der Waals surface area contributed by atoms with Crippen LogP contribution < -0.4 is 20.0 Å². The fourth-order valence-electron chi connectivity index (χ4n) is 3.51. The number of ether oxygens (including phenoxy) is 3. The van der Waals surface area contributed by atoms with Crippen molar-refractivity contribution >= 4 is 41.7 Å². The van der Waals surface area contributed by atoms with Gasteiger partial charge in [-0.3, -0.25) is 4.57 Å². The van der Waals surface area contributed by atoms with E-state index in [1.54, 1.807) is 28.9 Å². The lowest BCUT2D eigenvalue weighted by molar-refractivity contribution is -0.140. The van der Waals surface area contributed by atoms with Crippen molar-refractivity contribution in [3.63, 3.8) is 0 Å². The van der Waals surface area contributed by atoms with Crippen LogP contribution in [0.25, 0.3) is 12.2 Å². The van der Waals surface area contributed by atoms with Crippen molar-refractivity contribution < 1.29 is 24.1 Å². The summed E-state index contributed by atoms with van der Waals surface area (Å²) in [5, 5.41) is 11.7. The highest BCUT2D eigenvalue weighted by Gasteiger charge is 2.22. The number of esters is 1. The molecule has 2 aromatic carbocycles. The predicted octanol–water partition coefficient (Wildman–Crippen LogP) is 3.73. The van der Waals surface area contributed by atoms with Gasteiger partial charge in [0, 0.05) is 23.4 Å². The summed E-state index contributed by atoms with van der Waals surface area (Å²) in [6, 6.07) is 11.1. The number of rotatable bonds is 8. The van der Waals surface area contributed by atoms with Crippen LogP contribution in [0.5, 0.6) is 17.4 Å². The molecule has 0 spiro atoms. The molecule has 0 fully saturated rings. The highest BCUT2D eigenvalue weighted by Crippen LogP contribution is 2.28. The Morgan fingerprint density at radius 3 is 2.65 bits per heavy atom. The third kappa shape index (κ3) is 4.52. The van der Waals surface area contributed by atoms with E-state index < -0.39 is 5.97 Å². The summed E-state index contributed by atoms with van der Waals surface area (Å²) in [6.07, 6.45) is 5.02. The first-order valence-electron chi connectivity index (χ1n) is 10.3. The first-order chi connectivity index (χ1) is 16.5. The summed E-state index contributed by atoms with van der Waals surface area (Å²) in [5.41, 5.74) is 1.64. The first kappa shape index (κ1) is 23.5. The van der Waals surface area contributed by atoms with Gasteiger partial charge in [0.05, 0.1) is 24.5 Å². The third-order valence-electron chi connectivity index (χ3n) is 5.16. The number of allylic oxidation sites excluding steroid dienone is 1. The van der Waals surface area contributed by atoms with Crippen molar-refractivity contribution in [1.82, 2.24) is 4.57 Å². The summed E-state index contributed by atoms with van der Waals surface area (Å²) in [7, 11) is 3.06. The smallest absolute Gasteiger partial charge is 0.357 e. The number of thiazole rings is 1. The Kier molecular flexibility index (Phi) is 6.95. The largest absolute Gasteiger partial charge is 0.496 e. The second-order valence-electron chi connectivity index (χ2n) is 7.26. The summed E-state index contributed by atoms with van der Waals surface area (Å²) < 4.78 is 18.6. The van der Waals surface area contributed by atoms with Gasteiger partial charge >= 0.3 is 5.97 Å². The zero-order chi connectivity index (χ0) is 24.2. The summed E-state index contributed by atoms with van der Waals surface area (Å²) in [4.78, 5) is 17.8. The topological polar surface area (TPSA) is 82.3 Å². The average molecular weight is 495 g/mol. The monoisotopic (exact) mass is 494 g/mol. The molecule has 0 aliphatic carbocycles. The van der Waals surface area contributed by atoms with Crippen LogP contribution in [0.2, 0.25) is 0 Å². The molecule has 1 aromatic heterocycles. The van der Waals surface area contributed by atoms with Crippen LogP contribution in [0.4, 0.5) is 0 Å². The minimum atomic E-state index is -0.553. The number of aromatic hydroxyl groups is 1. The minimum absolute atomic E-state index is 0.0231. The van der Waals surface area contributed by atoms with Gasteiger partial charge in [-0.05, 0) is 29.9 Å². The van der Waals surface area contributed by atoms with Gasteiger partial charge in [0.25, 0.3) is 0 Å². The highest BCUT2D eigenvalue weighted by molar-refractivity contribution is 7.73. The standard InChI is InChI=1S/C25H22N2O5S2/c1-4-10-27-23(28)21(34-25(27)33)12-17-20(31-3)13-19(30-2)16-11-18(26-22(16)17)24(29)32-14-15-8-6-5-7-9-15/h4-9,11-13,28H,1,10,14H2,2-3H3/b17-12+. The van der Waals surface area contributed by atoms with Gasteiger partial charge in [-0.25, -0.2) is 9.79 Å². The normalized spacial score (nSPS) is 12.5. The van der Waals surface area contributed by atoms with Crippen LogP contribution in [0, 0.1) is 3.95 Å². The van der Waals surface area contributed by atoms with Crippen molar-refractivity contribution in [2.45, 2.75) is 13.2 Å². The van der Waals surface area contributed by atoms with E-state index in [2.05, 4.69) is 11.6 Å². The summed E-state index contributed by atoms with van der Waals surface area (Å²) in [6.45, 7) is 4.22. The molecule has 9 heteroatoms. The Labute approximate surface area is 205 Å². The van der Waals surface area contributed by atoms with E-state index in [1.807, 2.05) is 30.3 Å². The average Bonchev–Trinajstić information content (AvgIpc) is 3.41. The van der Waals surface area contributed by atoms with Gasteiger partial charge in [-0.15, -0.1) is 17.9 Å². The van der Waals surface area contributed by atoms with Gasteiger partial charge in [0.2, 0.25) is 5.88 Å². The van der Waals surface area contributed by atoms with E-state index >= 15 is 0 Å². The predicted molar refractivity (Wildman–Crippen MR) is 133 cm³/mol. The number of methoxy groups -OCH3 is 2. The van der Waals surface area contributed by atoms with Crippen molar-refractivity contribution in [2.75, 3.05) is 14.2 Å². The Morgan fingerprint density at radius 2 is 1.97 bits per heavy atom. The number of benzene rings is 2. The van der Waals surface area contributed by atoms with Crippen molar-refractivity contribution in [2.24, 2.45) is 4.99 Å². The van der Waals surface area contributed by atoms with Gasteiger partial charge in [0.1, 0.15) is 23.8 Å². The molecule has 4 rings (SSSR count). The SMILES string of the molecule is C=CCn1c(O)c(/C=c2\c(OC)cc(OC)c3c2=NC(C(=O)OCc2ccccc2)=C3)sc1=S. The highest BCUT2D eigenvalue weighted by atomic mass is 32.1. The maximum Gasteiger partial charge on any atom is 0.357 e. The molecule has 0 bridgehead atoms. The van der Waals surface area contributed by atoms with E-state index in [0.717, 1.165) is 5.56 Å². The van der Waals surface area contributed by atoms with Gasteiger partial charge in [-0.1, -0.05) is 36.4 Å². The Bertz CT molecular complexity index is 1470. The molecule has 1 N–H and O–H groups in total. The lowest BCUT2D eigenvalue weighted by Crippen LogP contribution is -2.29. The van der Waals surface area contributed by atoms with Crippen LogP contribution in [-0.4, -0.2) is 29.9 Å². The van der Waals surface area contributed by atoms with E-state index in [0.29, 0.717) is 43.0 Å². The zero-order valence-electron chi connectivity index (χ0n) is 18.6. The summed E-state index contributed by atoms with van der Waals surface area (Å²) >= 11 is 6.62. The first-order valence-corrected chi connectivity index (χ1v) is 11.5. The van der Waals surface area contributed by atoms with E-state index in [1.165, 1.54) is 25.6 Å². The molecule has 7 nitrogen and oxygen atoms in total. The van der Waals surface area contributed by atoms with Crippen molar-refractivity contribution in [1.29, 1.82) is 0 Å². The van der Waals surface area contributed by atoms with E-state index in [4.69, 9.17) is 26.4 Å². The fraction of sp³-hybridized carbons (Fsp3) is 0.160. The van der Waals surface area contributed by atoms with Crippen molar-refractivity contribution in [3.05, 3.63) is 85.3 Å². The molecule has 0 amide bonds. The number of hydrogen-bond donors (Lipinski definition) is 1. The Morgan fingerprint density at radius 1 is 1.24 bits per heavy atom. The summed E-state index contributed by atoms with van der Waals surface area (Å²) in [5.74, 6) is 0.443. The van der Waals surface area contributed by atoms with Crippen molar-refractivity contribution in [3.8, 4) is 17.4 Å². The molecule has 34 heavy (non-hydrogen) atoms. The number of carbonyl (C=O) groups excluding carboxylic acids is 1. The molecule has 0 saturated heterocycles. The molecule has 1 aliphatic heterocycles. The molecule has 1 aliphatic rings. The maximum atomic E-state index is 12.8. The molecule has 174 valence electrons. The number of nitrogens with zero attached hydrogens (tertiary/aromatic N) is 2. The Balaban J connectivity index is 1.79. The molecule has 0 atom stereocenters. The molecular weight excluding hydrogens is 472 g/mol. The van der Waals surface area contributed by atoms with E-state index in [-0.39, 0.29) is 18.2 Å². The molecular formula is C25H22N2O5S2. The van der Waals surface area contributed by atoms with Crippen LogP contribution >= 0.6 is 23.6 Å². The maximum absolute atomic E-state index is 12.8. The fourth-order valence-corrected chi connectivity index (χ4v) is 4.78. The Hall–Kier alpha value is -3.69. The van der Waals surface area contributed by atoms with Gasteiger partial charge < -0.3 is 19.3 Å². The number of carbonyl (C=O) groups is 1. The van der Waals surface area contributed by atoms with Crippen LogP contribution in [-0.2, 0) is 22.7 Å². The van der Waals surface area contributed by atoms with Gasteiger partial charge in [0.15, 0.2) is 3.95 Å². The minimum Gasteiger partial charge on any atom is -0.496 e. The van der Waals surface area contributed by atoms with Gasteiger partial charge in [-0.2, -0.15) is 0 Å². The van der Waals surface area contributed by atoms with Crippen LogP contribution in [0.15, 0.2) is 59.7 Å². The number of hydrogen-bond acceptors (Lipinski definition) is 8. The molecule has 0 radical (unpaired) electrons. The second kappa shape index (κ2) is 10.1.